The minimum Gasteiger partial charge on any atom is -0.464 e. The van der Waals surface area contributed by atoms with Crippen LogP contribution in [0.2, 0.25) is 0 Å². The van der Waals surface area contributed by atoms with Crippen molar-refractivity contribution in [1.29, 1.82) is 0 Å². The number of hydrogen-bond donors (Lipinski definition) is 0. The fraction of sp³-hybridized carbons (Fsp3) is 0.100. The zero-order valence-electron chi connectivity index (χ0n) is 12.6. The van der Waals surface area contributed by atoms with E-state index in [0.717, 1.165) is 22.6 Å². The van der Waals surface area contributed by atoms with Crippen LogP contribution in [0.3, 0.4) is 0 Å². The molecule has 0 N–H and O–H groups in total. The molecule has 0 spiro atoms. The Kier molecular flexibility index (Phi) is 2.90. The maximum absolute atomic E-state index is 5.65. The first-order valence-electron chi connectivity index (χ1n) is 7.36. The topological polar surface area (TPSA) is 26.3 Å². The van der Waals surface area contributed by atoms with Crippen LogP contribution in [0.4, 0.5) is 0 Å². The molecule has 0 aliphatic carbocycles. The molecule has 0 aliphatic rings. The molecule has 0 fully saturated rings. The van der Waals surface area contributed by atoms with Gasteiger partial charge in [0.2, 0.25) is 0 Å². The van der Waals surface area contributed by atoms with Gasteiger partial charge in [-0.2, -0.15) is 0 Å². The van der Waals surface area contributed by atoms with Gasteiger partial charge in [0.15, 0.2) is 0 Å². The van der Waals surface area contributed by atoms with Gasteiger partial charge >= 0.3 is 0 Å². The minimum atomic E-state index is 0.893. The second-order valence-corrected chi connectivity index (χ2v) is 5.62. The average Bonchev–Trinajstić information content (AvgIpc) is 3.20. The Morgan fingerprint density at radius 2 is 1.45 bits per heavy atom. The predicted octanol–water partition coefficient (Wildman–Crippen LogP) is 5.98. The summed E-state index contributed by atoms with van der Waals surface area (Å²) in [6, 6.07) is 16.6. The van der Waals surface area contributed by atoms with Crippen LogP contribution in [0, 0.1) is 13.8 Å². The highest BCUT2D eigenvalue weighted by molar-refractivity contribution is 6.05. The fourth-order valence-corrected chi connectivity index (χ4v) is 3.06. The summed E-state index contributed by atoms with van der Waals surface area (Å²) in [6.07, 6.45) is 3.43. The van der Waals surface area contributed by atoms with Gasteiger partial charge in [0.25, 0.3) is 0 Å². The molecule has 2 nitrogen and oxygen atoms in total. The van der Waals surface area contributed by atoms with E-state index in [4.69, 9.17) is 8.83 Å². The summed E-state index contributed by atoms with van der Waals surface area (Å²) in [5.74, 6) is 1.79. The van der Waals surface area contributed by atoms with Crippen molar-refractivity contribution in [2.75, 3.05) is 0 Å². The predicted molar refractivity (Wildman–Crippen MR) is 88.8 cm³/mol. The molecule has 0 radical (unpaired) electrons. The fourth-order valence-electron chi connectivity index (χ4n) is 3.06. The first-order chi connectivity index (χ1) is 10.7. The largest absolute Gasteiger partial charge is 0.464 e. The third-order valence-electron chi connectivity index (χ3n) is 4.04. The van der Waals surface area contributed by atoms with Crippen LogP contribution in [0.5, 0.6) is 0 Å². The maximum atomic E-state index is 5.65. The van der Waals surface area contributed by atoms with E-state index in [9.17, 15) is 0 Å². The molecule has 2 aromatic heterocycles. The molecule has 2 heteroatoms. The van der Waals surface area contributed by atoms with Gasteiger partial charge in [0, 0.05) is 11.1 Å². The van der Waals surface area contributed by atoms with Crippen molar-refractivity contribution in [2.24, 2.45) is 0 Å². The summed E-state index contributed by atoms with van der Waals surface area (Å²) < 4.78 is 11.3. The van der Waals surface area contributed by atoms with Crippen LogP contribution in [0.25, 0.3) is 33.4 Å². The van der Waals surface area contributed by atoms with Crippen LogP contribution in [0.15, 0.2) is 69.9 Å². The van der Waals surface area contributed by atoms with Crippen LogP contribution >= 0.6 is 0 Å². The van der Waals surface area contributed by atoms with Crippen molar-refractivity contribution in [3.8, 4) is 22.6 Å². The summed E-state index contributed by atoms with van der Waals surface area (Å²) in [5, 5.41) is 2.37. The third kappa shape index (κ3) is 1.96. The van der Waals surface area contributed by atoms with Crippen molar-refractivity contribution in [2.45, 2.75) is 13.8 Å². The van der Waals surface area contributed by atoms with E-state index in [1.54, 1.807) is 12.5 Å². The van der Waals surface area contributed by atoms with Gasteiger partial charge < -0.3 is 8.83 Å². The molecule has 0 saturated heterocycles. The van der Waals surface area contributed by atoms with E-state index in [0.29, 0.717) is 0 Å². The van der Waals surface area contributed by atoms with Gasteiger partial charge in [-0.05, 0) is 60.5 Å². The lowest BCUT2D eigenvalue weighted by molar-refractivity contribution is 0.581. The monoisotopic (exact) mass is 288 g/mol. The minimum absolute atomic E-state index is 0.893. The molecule has 4 rings (SSSR count). The van der Waals surface area contributed by atoms with E-state index < -0.39 is 0 Å². The van der Waals surface area contributed by atoms with E-state index in [2.05, 4.69) is 38.1 Å². The maximum Gasteiger partial charge on any atom is 0.134 e. The number of aryl methyl sites for hydroxylation is 2. The van der Waals surface area contributed by atoms with Crippen LogP contribution in [0.1, 0.15) is 11.1 Å². The number of rotatable bonds is 2. The Morgan fingerprint density at radius 1 is 0.727 bits per heavy atom. The van der Waals surface area contributed by atoms with Gasteiger partial charge in [-0.15, -0.1) is 0 Å². The van der Waals surface area contributed by atoms with Gasteiger partial charge in [0.05, 0.1) is 12.5 Å². The van der Waals surface area contributed by atoms with E-state index in [-0.39, 0.29) is 0 Å². The first kappa shape index (κ1) is 13.0. The summed E-state index contributed by atoms with van der Waals surface area (Å²) in [7, 11) is 0. The van der Waals surface area contributed by atoms with Crippen LogP contribution in [-0.2, 0) is 0 Å². The van der Waals surface area contributed by atoms with Gasteiger partial charge in [-0.3, -0.25) is 0 Å². The molecule has 0 atom stereocenters. The zero-order valence-corrected chi connectivity index (χ0v) is 12.6. The Balaban J connectivity index is 2.12. The number of hydrogen-bond acceptors (Lipinski definition) is 2. The van der Waals surface area contributed by atoms with Crippen molar-refractivity contribution in [1.82, 2.24) is 0 Å². The molecule has 2 heterocycles. The van der Waals surface area contributed by atoms with Crippen molar-refractivity contribution < 1.29 is 8.83 Å². The first-order valence-corrected chi connectivity index (χ1v) is 7.36. The van der Waals surface area contributed by atoms with Gasteiger partial charge in [0.1, 0.15) is 11.5 Å². The lowest BCUT2D eigenvalue weighted by Crippen LogP contribution is -1.89. The smallest absolute Gasteiger partial charge is 0.134 e. The van der Waals surface area contributed by atoms with Crippen LogP contribution in [-0.4, -0.2) is 0 Å². The summed E-state index contributed by atoms with van der Waals surface area (Å²) in [6.45, 7) is 4.22. The highest BCUT2D eigenvalue weighted by Gasteiger charge is 2.15. The lowest BCUT2D eigenvalue weighted by atomic mass is 9.92. The summed E-state index contributed by atoms with van der Waals surface area (Å²) in [4.78, 5) is 0. The number of furan rings is 2. The molecule has 4 aromatic rings. The second kappa shape index (κ2) is 4.92. The van der Waals surface area contributed by atoms with E-state index >= 15 is 0 Å². The van der Waals surface area contributed by atoms with E-state index in [1.165, 1.54) is 21.9 Å². The lowest BCUT2D eigenvalue weighted by Gasteiger charge is -2.13. The highest BCUT2D eigenvalue weighted by Crippen LogP contribution is 2.38. The van der Waals surface area contributed by atoms with Crippen LogP contribution < -0.4 is 0 Å². The number of benzene rings is 2. The highest BCUT2D eigenvalue weighted by atomic mass is 16.3. The number of fused-ring (bicyclic) bond motifs is 1. The molecule has 0 unspecified atom stereocenters. The molecule has 0 aliphatic heterocycles. The van der Waals surface area contributed by atoms with Crippen molar-refractivity contribution in [3.63, 3.8) is 0 Å². The van der Waals surface area contributed by atoms with Crippen molar-refractivity contribution >= 4 is 10.8 Å². The zero-order chi connectivity index (χ0) is 15.1. The molecule has 0 bridgehead atoms. The molecule has 2 aromatic carbocycles. The van der Waals surface area contributed by atoms with Crippen molar-refractivity contribution in [3.05, 3.63) is 72.2 Å². The van der Waals surface area contributed by atoms with E-state index in [1.807, 2.05) is 24.3 Å². The van der Waals surface area contributed by atoms with Gasteiger partial charge in [-0.25, -0.2) is 0 Å². The summed E-state index contributed by atoms with van der Waals surface area (Å²) >= 11 is 0. The molecule has 108 valence electrons. The quantitative estimate of drug-likeness (QED) is 0.453. The Hall–Kier alpha value is -2.74. The Bertz CT molecular complexity index is 930. The van der Waals surface area contributed by atoms with Gasteiger partial charge in [-0.1, -0.05) is 23.8 Å². The molecular weight excluding hydrogens is 272 g/mol. The average molecular weight is 288 g/mol. The molecule has 0 amide bonds. The Morgan fingerprint density at radius 3 is 2.14 bits per heavy atom. The summed E-state index contributed by atoms with van der Waals surface area (Å²) in [5.41, 5.74) is 4.68. The second-order valence-electron chi connectivity index (χ2n) is 5.62. The standard InChI is InChI=1S/C20H16O2/c1-13-7-8-15-16(11-13)17(18-5-3-9-21-18)12-14(2)20(15)19-6-4-10-22-19/h3-12H,1-2H3. The SMILES string of the molecule is Cc1ccc2c(-c3ccco3)c(C)cc(-c3ccco3)c2c1. The normalized spacial score (nSPS) is 11.2. The molecule has 0 saturated carbocycles. The Labute approximate surface area is 129 Å². The molecular formula is C20H16O2. The third-order valence-corrected chi connectivity index (χ3v) is 4.04. The molecule has 22 heavy (non-hydrogen) atoms.